The fourth-order valence-electron chi connectivity index (χ4n) is 2.28. The molecule has 20 heavy (non-hydrogen) atoms. The normalized spacial score (nSPS) is 17.6. The Morgan fingerprint density at radius 1 is 1.35 bits per heavy atom. The minimum absolute atomic E-state index is 0.158. The SMILES string of the molecule is COC(=O)C(N)(COc1ccc(C(C)C)cc1)C1CC1. The highest BCUT2D eigenvalue weighted by atomic mass is 16.5. The van der Waals surface area contributed by atoms with E-state index in [1.54, 1.807) is 0 Å². The molecule has 1 aromatic rings. The molecule has 0 bridgehead atoms. The summed E-state index contributed by atoms with van der Waals surface area (Å²) in [5, 5.41) is 0. The molecular formula is C16H23NO3. The highest BCUT2D eigenvalue weighted by Gasteiger charge is 2.49. The van der Waals surface area contributed by atoms with Crippen LogP contribution in [0.5, 0.6) is 5.75 Å². The second-order valence-electron chi connectivity index (χ2n) is 5.82. The van der Waals surface area contributed by atoms with Crippen molar-refractivity contribution in [3.63, 3.8) is 0 Å². The lowest BCUT2D eigenvalue weighted by atomic mass is 9.96. The van der Waals surface area contributed by atoms with Crippen LogP contribution in [-0.2, 0) is 9.53 Å². The van der Waals surface area contributed by atoms with E-state index in [0.717, 1.165) is 18.6 Å². The highest BCUT2D eigenvalue weighted by molar-refractivity contribution is 5.81. The Kier molecular flexibility index (Phi) is 4.33. The number of carbonyl (C=O) groups is 1. The minimum Gasteiger partial charge on any atom is -0.491 e. The third-order valence-electron chi connectivity index (χ3n) is 3.90. The zero-order valence-corrected chi connectivity index (χ0v) is 12.4. The zero-order chi connectivity index (χ0) is 14.8. The third kappa shape index (κ3) is 3.12. The highest BCUT2D eigenvalue weighted by Crippen LogP contribution is 2.39. The average molecular weight is 277 g/mol. The summed E-state index contributed by atoms with van der Waals surface area (Å²) in [5.74, 6) is 0.997. The van der Waals surface area contributed by atoms with Gasteiger partial charge < -0.3 is 15.2 Å². The largest absolute Gasteiger partial charge is 0.491 e. The van der Waals surface area contributed by atoms with Crippen LogP contribution in [0.15, 0.2) is 24.3 Å². The fourth-order valence-corrected chi connectivity index (χ4v) is 2.28. The number of esters is 1. The molecule has 0 aromatic heterocycles. The lowest BCUT2D eigenvalue weighted by Gasteiger charge is -2.26. The first-order valence-electron chi connectivity index (χ1n) is 7.07. The molecule has 2 N–H and O–H groups in total. The maximum absolute atomic E-state index is 11.9. The van der Waals surface area contributed by atoms with E-state index in [4.69, 9.17) is 15.2 Å². The molecule has 0 saturated heterocycles. The molecule has 0 aliphatic heterocycles. The number of ether oxygens (including phenoxy) is 2. The van der Waals surface area contributed by atoms with Crippen molar-refractivity contribution in [2.45, 2.75) is 38.1 Å². The van der Waals surface area contributed by atoms with Gasteiger partial charge in [-0.25, -0.2) is 4.79 Å². The molecule has 0 spiro atoms. The summed E-state index contributed by atoms with van der Waals surface area (Å²) >= 11 is 0. The molecule has 2 rings (SSSR count). The van der Waals surface area contributed by atoms with Gasteiger partial charge in [0.15, 0.2) is 5.54 Å². The molecule has 1 aliphatic carbocycles. The van der Waals surface area contributed by atoms with Gasteiger partial charge in [0.1, 0.15) is 12.4 Å². The first-order chi connectivity index (χ1) is 9.47. The number of carbonyl (C=O) groups excluding carboxylic acids is 1. The maximum Gasteiger partial charge on any atom is 0.329 e. The number of hydrogen-bond donors (Lipinski definition) is 1. The molecule has 1 saturated carbocycles. The Labute approximate surface area is 120 Å². The van der Waals surface area contributed by atoms with Crippen LogP contribution in [-0.4, -0.2) is 25.2 Å². The van der Waals surface area contributed by atoms with E-state index in [2.05, 4.69) is 13.8 Å². The van der Waals surface area contributed by atoms with Crippen LogP contribution in [0, 0.1) is 5.92 Å². The molecule has 1 atom stereocenters. The van der Waals surface area contributed by atoms with Crippen LogP contribution >= 0.6 is 0 Å². The standard InChI is InChI=1S/C16H23NO3/c1-11(2)12-4-8-14(9-5-12)20-10-16(17,13-6-7-13)15(18)19-3/h4-5,8-9,11,13H,6-7,10,17H2,1-3H3. The van der Waals surface area contributed by atoms with Crippen LogP contribution < -0.4 is 10.5 Å². The van der Waals surface area contributed by atoms with Crippen molar-refractivity contribution in [1.29, 1.82) is 0 Å². The van der Waals surface area contributed by atoms with E-state index < -0.39 is 5.54 Å². The van der Waals surface area contributed by atoms with Crippen molar-refractivity contribution in [2.75, 3.05) is 13.7 Å². The van der Waals surface area contributed by atoms with E-state index >= 15 is 0 Å². The summed E-state index contributed by atoms with van der Waals surface area (Å²) in [4.78, 5) is 11.9. The van der Waals surface area contributed by atoms with Crippen molar-refractivity contribution in [1.82, 2.24) is 0 Å². The lowest BCUT2D eigenvalue weighted by Crippen LogP contribution is -2.55. The van der Waals surface area contributed by atoms with Crippen molar-refractivity contribution in [2.24, 2.45) is 11.7 Å². The van der Waals surface area contributed by atoms with Gasteiger partial charge in [-0.2, -0.15) is 0 Å². The number of methoxy groups -OCH3 is 1. The summed E-state index contributed by atoms with van der Waals surface area (Å²) in [6, 6.07) is 7.90. The lowest BCUT2D eigenvalue weighted by molar-refractivity contribution is -0.149. The summed E-state index contributed by atoms with van der Waals surface area (Å²) in [6.45, 7) is 4.45. The van der Waals surface area contributed by atoms with Gasteiger partial charge in [-0.15, -0.1) is 0 Å². The second kappa shape index (κ2) is 5.83. The van der Waals surface area contributed by atoms with E-state index in [1.807, 2.05) is 24.3 Å². The summed E-state index contributed by atoms with van der Waals surface area (Å²) in [5.41, 5.74) is 6.42. The first kappa shape index (κ1) is 14.9. The quantitative estimate of drug-likeness (QED) is 0.811. The molecular weight excluding hydrogens is 254 g/mol. The Morgan fingerprint density at radius 2 is 1.95 bits per heavy atom. The molecule has 1 fully saturated rings. The molecule has 1 unspecified atom stereocenters. The topological polar surface area (TPSA) is 61.5 Å². The number of nitrogens with two attached hydrogens (primary N) is 1. The van der Waals surface area contributed by atoms with E-state index in [-0.39, 0.29) is 18.5 Å². The van der Waals surface area contributed by atoms with Crippen molar-refractivity contribution >= 4 is 5.97 Å². The Hall–Kier alpha value is -1.55. The van der Waals surface area contributed by atoms with Gasteiger partial charge in [0.2, 0.25) is 0 Å². The molecule has 0 amide bonds. The molecule has 1 aromatic carbocycles. The van der Waals surface area contributed by atoms with Crippen LogP contribution in [0.1, 0.15) is 38.2 Å². The zero-order valence-electron chi connectivity index (χ0n) is 12.4. The Balaban J connectivity index is 2.00. The monoisotopic (exact) mass is 277 g/mol. The number of hydrogen-bond acceptors (Lipinski definition) is 4. The molecule has 110 valence electrons. The smallest absolute Gasteiger partial charge is 0.329 e. The van der Waals surface area contributed by atoms with Gasteiger partial charge in [-0.3, -0.25) is 0 Å². The molecule has 1 aliphatic rings. The minimum atomic E-state index is -1.02. The number of benzene rings is 1. The molecule has 4 heteroatoms. The molecule has 4 nitrogen and oxygen atoms in total. The van der Waals surface area contributed by atoms with Gasteiger partial charge >= 0.3 is 5.97 Å². The molecule has 0 radical (unpaired) electrons. The predicted octanol–water partition coefficient (Wildman–Crippen LogP) is 2.47. The van der Waals surface area contributed by atoms with Crippen LogP contribution in [0.2, 0.25) is 0 Å². The second-order valence-corrected chi connectivity index (χ2v) is 5.82. The van der Waals surface area contributed by atoms with Crippen LogP contribution in [0.4, 0.5) is 0 Å². The van der Waals surface area contributed by atoms with Gasteiger partial charge in [0.05, 0.1) is 7.11 Å². The summed E-state index contributed by atoms with van der Waals surface area (Å²) in [7, 11) is 1.36. The first-order valence-corrected chi connectivity index (χ1v) is 7.07. The Bertz CT molecular complexity index is 465. The Morgan fingerprint density at radius 3 is 2.40 bits per heavy atom. The van der Waals surface area contributed by atoms with Crippen molar-refractivity contribution < 1.29 is 14.3 Å². The fraction of sp³-hybridized carbons (Fsp3) is 0.562. The van der Waals surface area contributed by atoms with Gasteiger partial charge in [0.25, 0.3) is 0 Å². The molecule has 0 heterocycles. The van der Waals surface area contributed by atoms with E-state index in [1.165, 1.54) is 12.7 Å². The van der Waals surface area contributed by atoms with Crippen LogP contribution in [0.3, 0.4) is 0 Å². The van der Waals surface area contributed by atoms with Gasteiger partial charge in [0, 0.05) is 0 Å². The van der Waals surface area contributed by atoms with Gasteiger partial charge in [-0.1, -0.05) is 26.0 Å². The summed E-state index contributed by atoms with van der Waals surface area (Å²) in [6.07, 6.45) is 1.92. The van der Waals surface area contributed by atoms with Crippen molar-refractivity contribution in [3.8, 4) is 5.75 Å². The van der Waals surface area contributed by atoms with Crippen molar-refractivity contribution in [3.05, 3.63) is 29.8 Å². The van der Waals surface area contributed by atoms with E-state index in [9.17, 15) is 4.79 Å². The van der Waals surface area contributed by atoms with E-state index in [0.29, 0.717) is 5.92 Å². The average Bonchev–Trinajstić information content (AvgIpc) is 3.29. The third-order valence-corrected chi connectivity index (χ3v) is 3.90. The summed E-state index contributed by atoms with van der Waals surface area (Å²) < 4.78 is 10.5. The maximum atomic E-state index is 11.9. The van der Waals surface area contributed by atoms with Gasteiger partial charge in [-0.05, 0) is 42.4 Å². The predicted molar refractivity (Wildman–Crippen MR) is 77.7 cm³/mol. The van der Waals surface area contributed by atoms with Crippen LogP contribution in [0.25, 0.3) is 0 Å². The number of rotatable bonds is 6.